The van der Waals surface area contributed by atoms with Crippen molar-refractivity contribution in [1.82, 2.24) is 4.90 Å². The van der Waals surface area contributed by atoms with E-state index in [4.69, 9.17) is 10.2 Å². The fourth-order valence-corrected chi connectivity index (χ4v) is 0.371. The average molecular weight is 119 g/mol. The van der Waals surface area contributed by atoms with Gasteiger partial charge in [-0.3, -0.25) is 4.90 Å². The van der Waals surface area contributed by atoms with Crippen LogP contribution in [0, 0.1) is 0 Å². The average Bonchev–Trinajstić information content (AvgIpc) is 1.69. The second-order valence-electron chi connectivity index (χ2n) is 1.97. The highest BCUT2D eigenvalue weighted by Gasteiger charge is 2.03. The van der Waals surface area contributed by atoms with Crippen molar-refractivity contribution in [2.45, 2.75) is 19.9 Å². The van der Waals surface area contributed by atoms with Crippen LogP contribution in [0.4, 0.5) is 0 Å². The van der Waals surface area contributed by atoms with E-state index in [1.54, 1.807) is 0 Å². The molecule has 0 atom stereocenters. The summed E-state index contributed by atoms with van der Waals surface area (Å²) in [6.45, 7) is 3.67. The summed E-state index contributed by atoms with van der Waals surface area (Å²) in [6, 6.07) is 0.213. The molecule has 0 aliphatic carbocycles. The summed E-state index contributed by atoms with van der Waals surface area (Å²) in [5.41, 5.74) is 0. The lowest BCUT2D eigenvalue weighted by Gasteiger charge is -2.19. The molecule has 0 amide bonds. The summed E-state index contributed by atoms with van der Waals surface area (Å²) in [6.07, 6.45) is 0. The van der Waals surface area contributed by atoms with Crippen LogP contribution in [0.15, 0.2) is 0 Å². The van der Waals surface area contributed by atoms with Crippen molar-refractivity contribution in [1.29, 1.82) is 0 Å². The highest BCUT2D eigenvalue weighted by atomic mass is 16.3. The Morgan fingerprint density at radius 2 is 1.62 bits per heavy atom. The highest BCUT2D eigenvalue weighted by Crippen LogP contribution is 1.91. The van der Waals surface area contributed by atoms with Crippen LogP contribution >= 0.6 is 0 Å². The second-order valence-corrected chi connectivity index (χ2v) is 1.97. The van der Waals surface area contributed by atoms with Crippen LogP contribution in [0.5, 0.6) is 0 Å². The first-order chi connectivity index (χ1) is 3.72. The Morgan fingerprint density at radius 1 is 1.25 bits per heavy atom. The lowest BCUT2D eigenvalue weighted by molar-refractivity contribution is 0.00749. The molecule has 0 bridgehead atoms. The minimum Gasteiger partial charge on any atom is -0.381 e. The number of hydrogen-bond donors (Lipinski definition) is 2. The largest absolute Gasteiger partial charge is 0.381 e. The number of aliphatic hydroxyl groups is 2. The smallest absolute Gasteiger partial charge is 0.0976 e. The topological polar surface area (TPSA) is 43.7 Å². The molecule has 0 aliphatic heterocycles. The Morgan fingerprint density at radius 3 is 1.62 bits per heavy atom. The van der Waals surface area contributed by atoms with E-state index in [2.05, 4.69) is 0 Å². The van der Waals surface area contributed by atoms with Crippen LogP contribution < -0.4 is 0 Å². The predicted molar refractivity (Wildman–Crippen MR) is 31.1 cm³/mol. The van der Waals surface area contributed by atoms with Crippen molar-refractivity contribution in [3.63, 3.8) is 0 Å². The van der Waals surface area contributed by atoms with Crippen LogP contribution in [0.1, 0.15) is 13.8 Å². The van der Waals surface area contributed by atoms with Gasteiger partial charge in [-0.25, -0.2) is 0 Å². The summed E-state index contributed by atoms with van der Waals surface area (Å²) < 4.78 is 0. The normalized spacial score (nSPS) is 11.2. The van der Waals surface area contributed by atoms with E-state index in [0.717, 1.165) is 0 Å². The molecule has 0 aliphatic rings. The minimum absolute atomic E-state index is 0.0752. The molecule has 50 valence electrons. The molecule has 0 fully saturated rings. The van der Waals surface area contributed by atoms with Gasteiger partial charge in [-0.1, -0.05) is 0 Å². The van der Waals surface area contributed by atoms with Gasteiger partial charge in [0, 0.05) is 6.04 Å². The standard InChI is InChI=1S/C5H13NO2/c1-5(2)6(3-7)4-8/h5,7-8H,3-4H2,1-2H3. The first-order valence-corrected chi connectivity index (χ1v) is 2.68. The first kappa shape index (κ1) is 7.88. The van der Waals surface area contributed by atoms with Gasteiger partial charge in [0.2, 0.25) is 0 Å². The Bertz CT molecular complexity index is 52.4. The Kier molecular flexibility index (Phi) is 3.77. The zero-order valence-corrected chi connectivity index (χ0v) is 5.33. The summed E-state index contributed by atoms with van der Waals surface area (Å²) in [7, 11) is 0. The van der Waals surface area contributed by atoms with E-state index in [1.165, 1.54) is 4.90 Å². The van der Waals surface area contributed by atoms with E-state index in [-0.39, 0.29) is 19.5 Å². The van der Waals surface area contributed by atoms with Crippen LogP contribution in [0.2, 0.25) is 0 Å². The third-order valence-corrected chi connectivity index (χ3v) is 1.09. The van der Waals surface area contributed by atoms with Gasteiger partial charge in [0.05, 0.1) is 13.5 Å². The lowest BCUT2D eigenvalue weighted by atomic mass is 10.4. The first-order valence-electron chi connectivity index (χ1n) is 2.68. The third kappa shape index (κ3) is 2.26. The van der Waals surface area contributed by atoms with Gasteiger partial charge in [0.15, 0.2) is 0 Å². The summed E-state index contributed by atoms with van der Waals surface area (Å²) in [5.74, 6) is 0. The van der Waals surface area contributed by atoms with Crippen molar-refractivity contribution >= 4 is 0 Å². The van der Waals surface area contributed by atoms with Gasteiger partial charge in [-0.2, -0.15) is 0 Å². The summed E-state index contributed by atoms with van der Waals surface area (Å²) in [4.78, 5) is 1.53. The van der Waals surface area contributed by atoms with Gasteiger partial charge >= 0.3 is 0 Å². The van der Waals surface area contributed by atoms with E-state index >= 15 is 0 Å². The van der Waals surface area contributed by atoms with Crippen LogP contribution in [0.25, 0.3) is 0 Å². The van der Waals surface area contributed by atoms with Crippen molar-refractivity contribution < 1.29 is 10.2 Å². The van der Waals surface area contributed by atoms with Crippen LogP contribution in [0.3, 0.4) is 0 Å². The van der Waals surface area contributed by atoms with Gasteiger partial charge in [0.25, 0.3) is 0 Å². The molecule has 0 saturated carbocycles. The molecule has 0 aromatic rings. The molecule has 2 N–H and O–H groups in total. The zero-order chi connectivity index (χ0) is 6.57. The van der Waals surface area contributed by atoms with Crippen LogP contribution in [-0.4, -0.2) is 34.6 Å². The zero-order valence-electron chi connectivity index (χ0n) is 5.33. The molecule has 0 heterocycles. The molecule has 3 heteroatoms. The molecule has 0 saturated heterocycles. The van der Waals surface area contributed by atoms with E-state index < -0.39 is 0 Å². The Balaban J connectivity index is 3.35. The maximum absolute atomic E-state index is 8.46. The van der Waals surface area contributed by atoms with Gasteiger partial charge in [-0.05, 0) is 13.8 Å². The SMILES string of the molecule is CC(C)N(CO)CO. The van der Waals surface area contributed by atoms with Crippen LogP contribution in [-0.2, 0) is 0 Å². The molecule has 0 rings (SSSR count). The maximum atomic E-state index is 8.46. The monoisotopic (exact) mass is 119 g/mol. The van der Waals surface area contributed by atoms with Crippen molar-refractivity contribution in [3.05, 3.63) is 0 Å². The quantitative estimate of drug-likeness (QED) is 0.497. The second kappa shape index (κ2) is 3.83. The molecular weight excluding hydrogens is 106 g/mol. The lowest BCUT2D eigenvalue weighted by Crippen LogP contribution is -2.32. The number of rotatable bonds is 3. The predicted octanol–water partition coefficient (Wildman–Crippen LogP) is -0.404. The molecule has 0 unspecified atom stereocenters. The number of nitrogens with zero attached hydrogens (tertiary/aromatic N) is 1. The molecule has 0 aromatic carbocycles. The van der Waals surface area contributed by atoms with E-state index in [1.807, 2.05) is 13.8 Å². The van der Waals surface area contributed by atoms with Gasteiger partial charge in [-0.15, -0.1) is 0 Å². The Hall–Kier alpha value is -0.120. The fraction of sp³-hybridized carbons (Fsp3) is 1.00. The van der Waals surface area contributed by atoms with Gasteiger partial charge in [0.1, 0.15) is 0 Å². The molecule has 0 spiro atoms. The van der Waals surface area contributed by atoms with Crippen molar-refractivity contribution in [2.75, 3.05) is 13.5 Å². The fourth-order valence-electron chi connectivity index (χ4n) is 0.371. The van der Waals surface area contributed by atoms with E-state index in [0.29, 0.717) is 0 Å². The minimum atomic E-state index is -0.0752. The van der Waals surface area contributed by atoms with Crippen molar-refractivity contribution in [3.8, 4) is 0 Å². The number of hydrogen-bond acceptors (Lipinski definition) is 3. The summed E-state index contributed by atoms with van der Waals surface area (Å²) in [5, 5.41) is 16.9. The third-order valence-electron chi connectivity index (χ3n) is 1.09. The van der Waals surface area contributed by atoms with Crippen molar-refractivity contribution in [2.24, 2.45) is 0 Å². The molecule has 0 aromatic heterocycles. The Labute approximate surface area is 49.5 Å². The maximum Gasteiger partial charge on any atom is 0.0976 e. The summed E-state index contributed by atoms with van der Waals surface area (Å²) >= 11 is 0. The molecule has 3 nitrogen and oxygen atoms in total. The van der Waals surface area contributed by atoms with E-state index in [9.17, 15) is 0 Å². The van der Waals surface area contributed by atoms with Gasteiger partial charge < -0.3 is 10.2 Å². The molecule has 0 radical (unpaired) electrons. The molecule has 8 heavy (non-hydrogen) atoms. The number of aliphatic hydroxyl groups excluding tert-OH is 2. The highest BCUT2D eigenvalue weighted by molar-refractivity contribution is 4.50. The molecular formula is C5H13NO2.